The average Bonchev–Trinajstić information content (AvgIpc) is 3.52. The summed E-state index contributed by atoms with van der Waals surface area (Å²) in [5.74, 6) is -0.372. The summed E-state index contributed by atoms with van der Waals surface area (Å²) in [7, 11) is -3.85. The number of piperidine rings is 1. The molecule has 1 fully saturated rings. The molecule has 0 radical (unpaired) electrons. The summed E-state index contributed by atoms with van der Waals surface area (Å²) in [6.45, 7) is 2.53. The zero-order chi connectivity index (χ0) is 26.6. The topological polar surface area (TPSA) is 149 Å². The molecule has 37 heavy (non-hydrogen) atoms. The highest BCUT2D eigenvalue weighted by atomic mass is 35.5. The van der Waals surface area contributed by atoms with Gasteiger partial charge in [0, 0.05) is 42.6 Å². The van der Waals surface area contributed by atoms with Crippen molar-refractivity contribution in [1.29, 1.82) is 0 Å². The third-order valence-corrected chi connectivity index (χ3v) is 8.15. The zero-order valence-electron chi connectivity index (χ0n) is 19.8. The van der Waals surface area contributed by atoms with Crippen LogP contribution in [0.4, 0.5) is 11.5 Å². The third kappa shape index (κ3) is 6.73. The molecule has 14 heteroatoms. The summed E-state index contributed by atoms with van der Waals surface area (Å²) >= 11 is 7.17. The molecule has 1 aliphatic rings. The van der Waals surface area contributed by atoms with E-state index in [1.807, 2.05) is 6.92 Å². The Morgan fingerprint density at radius 2 is 2.08 bits per heavy atom. The quantitative estimate of drug-likeness (QED) is 0.296. The summed E-state index contributed by atoms with van der Waals surface area (Å²) in [5, 5.41) is 11.8. The monoisotopic (exact) mass is 565 g/mol. The molecule has 3 aromatic heterocycles. The Kier molecular flexibility index (Phi) is 8.25. The highest BCUT2D eigenvalue weighted by molar-refractivity contribution is 7.90. The first kappa shape index (κ1) is 26.8. The van der Waals surface area contributed by atoms with Gasteiger partial charge in [0.2, 0.25) is 27.6 Å². The number of pyridine rings is 1. The van der Waals surface area contributed by atoms with Crippen LogP contribution in [0.1, 0.15) is 30.4 Å². The lowest BCUT2D eigenvalue weighted by Gasteiger charge is -2.31. The Hall–Kier alpha value is -3.29. The lowest BCUT2D eigenvalue weighted by Crippen LogP contribution is -2.43. The van der Waals surface area contributed by atoms with Crippen molar-refractivity contribution in [3.05, 3.63) is 61.8 Å². The number of aryl methyl sites for hydroxylation is 1. The lowest BCUT2D eigenvalue weighted by atomic mass is 9.96. The number of oxazole rings is 1. The van der Waals surface area contributed by atoms with E-state index in [0.717, 1.165) is 4.88 Å². The van der Waals surface area contributed by atoms with E-state index in [4.69, 9.17) is 16.0 Å². The molecule has 0 saturated carbocycles. The van der Waals surface area contributed by atoms with Crippen molar-refractivity contribution < 1.29 is 22.6 Å². The number of amides is 1. The molecule has 1 saturated heterocycles. The number of hydrogen-bond donors (Lipinski definition) is 1. The first-order chi connectivity index (χ1) is 17.6. The molecule has 4 rings (SSSR count). The molecule has 0 bridgehead atoms. The number of nitrogens with zero attached hydrogens (tertiary/aromatic N) is 4. The van der Waals surface area contributed by atoms with Gasteiger partial charge in [-0.3, -0.25) is 19.6 Å². The molecule has 0 aromatic carbocycles. The maximum atomic E-state index is 12.6. The van der Waals surface area contributed by atoms with Gasteiger partial charge in [0.25, 0.3) is 0 Å². The van der Waals surface area contributed by atoms with E-state index in [1.54, 1.807) is 29.3 Å². The summed E-state index contributed by atoms with van der Waals surface area (Å²) in [4.78, 5) is 34.8. The van der Waals surface area contributed by atoms with Gasteiger partial charge in [-0.25, -0.2) is 18.4 Å². The Morgan fingerprint density at radius 3 is 2.70 bits per heavy atom. The van der Waals surface area contributed by atoms with E-state index in [0.29, 0.717) is 48.0 Å². The van der Waals surface area contributed by atoms with Crippen LogP contribution in [-0.2, 0) is 21.2 Å². The van der Waals surface area contributed by atoms with Gasteiger partial charge < -0.3 is 9.32 Å². The lowest BCUT2D eigenvalue weighted by molar-refractivity contribution is -0.384. The van der Waals surface area contributed by atoms with Crippen molar-refractivity contribution in [1.82, 2.24) is 14.7 Å². The Bertz CT molecular complexity index is 1430. The summed E-state index contributed by atoms with van der Waals surface area (Å²) in [6.07, 6.45) is 7.42. The first-order valence-corrected chi connectivity index (χ1v) is 14.3. The number of hydrogen-bond acceptors (Lipinski definition) is 10. The minimum absolute atomic E-state index is 0.182. The predicted molar refractivity (Wildman–Crippen MR) is 141 cm³/mol. The molecule has 1 amide bonds. The molecule has 3 aromatic rings. The van der Waals surface area contributed by atoms with Crippen LogP contribution in [0.5, 0.6) is 0 Å². The minimum atomic E-state index is -3.85. The number of thiophene rings is 1. The van der Waals surface area contributed by atoms with Crippen LogP contribution in [-0.4, -0.2) is 48.1 Å². The number of halogens is 1. The molecule has 0 aliphatic carbocycles. The number of sulfonamides is 1. The van der Waals surface area contributed by atoms with Crippen LogP contribution < -0.4 is 9.62 Å². The van der Waals surface area contributed by atoms with Crippen molar-refractivity contribution in [3.8, 4) is 11.5 Å². The van der Waals surface area contributed by atoms with Gasteiger partial charge in [0.05, 0.1) is 26.8 Å². The van der Waals surface area contributed by atoms with Gasteiger partial charge in [-0.2, -0.15) is 0 Å². The smallest absolute Gasteiger partial charge is 0.312 e. The largest absolute Gasteiger partial charge is 0.441 e. The Balaban J connectivity index is 1.36. The molecule has 11 nitrogen and oxygen atoms in total. The van der Waals surface area contributed by atoms with E-state index in [2.05, 4.69) is 14.7 Å². The predicted octanol–water partition coefficient (Wildman–Crippen LogP) is 4.30. The van der Waals surface area contributed by atoms with E-state index < -0.39 is 26.8 Å². The number of carbonyl (C=O) groups is 1. The Labute approximate surface area is 222 Å². The van der Waals surface area contributed by atoms with Gasteiger partial charge in [-0.1, -0.05) is 24.6 Å². The second-order valence-corrected chi connectivity index (χ2v) is 11.9. The third-order valence-electron chi connectivity index (χ3n) is 5.81. The molecular formula is C23H24ClN5O6S2. The van der Waals surface area contributed by atoms with Crippen molar-refractivity contribution >= 4 is 56.4 Å². The first-order valence-electron chi connectivity index (χ1n) is 11.5. The molecule has 4 heterocycles. The summed E-state index contributed by atoms with van der Waals surface area (Å²) in [5.41, 5.74) is 0.198. The fraction of sp³-hybridized carbons (Fsp3) is 0.348. The molecule has 0 atom stereocenters. The highest BCUT2D eigenvalue weighted by Gasteiger charge is 2.31. The fourth-order valence-electron chi connectivity index (χ4n) is 3.89. The summed E-state index contributed by atoms with van der Waals surface area (Å²) in [6, 6.07) is 4.85. The molecular weight excluding hydrogens is 542 g/mol. The van der Waals surface area contributed by atoms with Gasteiger partial charge in [-0.15, -0.1) is 11.3 Å². The van der Waals surface area contributed by atoms with Crippen LogP contribution in [0.2, 0.25) is 4.34 Å². The SMILES string of the molecule is CCc1cnc(-c2cnc(N3CCC(C(=O)NS(=O)(=O)CC=Cc4ccc(Cl)s4)CC3)c([N+](=O)[O-])c2)o1. The van der Waals surface area contributed by atoms with Crippen molar-refractivity contribution in [2.75, 3.05) is 23.7 Å². The van der Waals surface area contributed by atoms with Gasteiger partial charge in [-0.05, 0) is 31.1 Å². The van der Waals surface area contributed by atoms with Crippen LogP contribution >= 0.6 is 22.9 Å². The molecule has 0 spiro atoms. The van der Waals surface area contributed by atoms with Crippen LogP contribution in [0.25, 0.3) is 17.5 Å². The van der Waals surface area contributed by atoms with Crippen LogP contribution in [0, 0.1) is 16.0 Å². The van der Waals surface area contributed by atoms with Gasteiger partial charge >= 0.3 is 5.69 Å². The minimum Gasteiger partial charge on any atom is -0.441 e. The molecule has 196 valence electrons. The normalized spacial score (nSPS) is 14.8. The van der Waals surface area contributed by atoms with E-state index in [-0.39, 0.29) is 23.1 Å². The highest BCUT2D eigenvalue weighted by Crippen LogP contribution is 2.33. The van der Waals surface area contributed by atoms with Gasteiger partial charge in [0.15, 0.2) is 0 Å². The number of carbonyl (C=O) groups excluding carboxylic acids is 1. The van der Waals surface area contributed by atoms with E-state index in [1.165, 1.54) is 29.7 Å². The zero-order valence-corrected chi connectivity index (χ0v) is 22.2. The number of anilines is 1. The standard InChI is InChI=1S/C23H24ClN5O6S2/c1-2-17-14-26-23(35-17)16-12-19(29(31)32)21(25-13-16)28-9-7-15(8-10-28)22(30)27-37(33,34)11-3-4-18-5-6-20(24)36-18/h3-6,12-15H,2,7-11H2,1H3,(H,27,30). The molecule has 1 aliphatic heterocycles. The number of aromatic nitrogens is 2. The van der Waals surface area contributed by atoms with Crippen molar-refractivity contribution in [2.24, 2.45) is 5.92 Å². The van der Waals surface area contributed by atoms with Gasteiger partial charge in [0.1, 0.15) is 5.76 Å². The van der Waals surface area contributed by atoms with Crippen LogP contribution in [0.3, 0.4) is 0 Å². The molecule has 0 unspecified atom stereocenters. The van der Waals surface area contributed by atoms with Crippen molar-refractivity contribution in [2.45, 2.75) is 26.2 Å². The fourth-order valence-corrected chi connectivity index (χ4v) is 5.78. The molecule has 1 N–H and O–H groups in total. The van der Waals surface area contributed by atoms with Crippen LogP contribution in [0.15, 0.2) is 41.1 Å². The van der Waals surface area contributed by atoms with E-state index in [9.17, 15) is 23.3 Å². The Morgan fingerprint density at radius 1 is 1.32 bits per heavy atom. The second kappa shape index (κ2) is 11.4. The maximum absolute atomic E-state index is 12.6. The van der Waals surface area contributed by atoms with E-state index >= 15 is 0 Å². The van der Waals surface area contributed by atoms with Crippen molar-refractivity contribution in [3.63, 3.8) is 0 Å². The maximum Gasteiger partial charge on any atom is 0.312 e. The number of rotatable bonds is 9. The average molecular weight is 566 g/mol. The summed E-state index contributed by atoms with van der Waals surface area (Å²) < 4.78 is 33.0. The number of nitro groups is 1. The number of nitrogens with one attached hydrogen (secondary N) is 1. The second-order valence-electron chi connectivity index (χ2n) is 8.36.